The van der Waals surface area contributed by atoms with Crippen molar-refractivity contribution >= 4 is 40.9 Å². The molecule has 2 N–H and O–H groups in total. The number of benzene rings is 4. The van der Waals surface area contributed by atoms with Gasteiger partial charge in [-0.25, -0.2) is 4.79 Å². The fraction of sp³-hybridized carbons (Fsp3) is 0.129. The molecule has 204 valence electrons. The molecule has 0 saturated heterocycles. The van der Waals surface area contributed by atoms with E-state index in [0.717, 1.165) is 10.5 Å². The van der Waals surface area contributed by atoms with E-state index in [1.807, 2.05) is 42.5 Å². The Balaban J connectivity index is 1.50. The molecule has 9 heteroatoms. The number of amides is 2. The van der Waals surface area contributed by atoms with Gasteiger partial charge in [-0.2, -0.15) is 0 Å². The van der Waals surface area contributed by atoms with Crippen LogP contribution in [0.15, 0.2) is 102 Å². The number of nitrogens with one attached hydrogen (secondary N) is 2. The van der Waals surface area contributed by atoms with Gasteiger partial charge in [0.05, 0.1) is 32.6 Å². The molecular formula is C31H28N2O6S. The summed E-state index contributed by atoms with van der Waals surface area (Å²) >= 11 is 1.35. The first-order valence-corrected chi connectivity index (χ1v) is 13.1. The summed E-state index contributed by atoms with van der Waals surface area (Å²) in [7, 11) is 4.34. The van der Waals surface area contributed by atoms with E-state index >= 15 is 0 Å². The summed E-state index contributed by atoms with van der Waals surface area (Å²) in [6.45, 7) is 0. The van der Waals surface area contributed by atoms with Crippen molar-refractivity contribution in [3.05, 3.63) is 114 Å². The summed E-state index contributed by atoms with van der Waals surface area (Å²) in [6.07, 6.45) is 0. The normalized spacial score (nSPS) is 11.2. The van der Waals surface area contributed by atoms with Crippen LogP contribution in [0.3, 0.4) is 0 Å². The Labute approximate surface area is 236 Å². The van der Waals surface area contributed by atoms with Crippen LogP contribution in [0.5, 0.6) is 11.5 Å². The minimum Gasteiger partial charge on any atom is -0.493 e. The SMILES string of the molecule is COC(=O)c1ccccc1NC(=O)C(Sc1ccc(NC(=O)c2ccc(OC)c(OC)c2)cc1)c1ccccc1. The minimum absolute atomic E-state index is 0.268. The minimum atomic E-state index is -0.612. The van der Waals surface area contributed by atoms with E-state index in [1.54, 1.807) is 54.6 Å². The molecule has 0 saturated carbocycles. The lowest BCUT2D eigenvalue weighted by molar-refractivity contribution is -0.115. The second kappa shape index (κ2) is 13.3. The number of hydrogen-bond acceptors (Lipinski definition) is 7. The number of methoxy groups -OCH3 is 3. The lowest BCUT2D eigenvalue weighted by Crippen LogP contribution is -2.20. The maximum Gasteiger partial charge on any atom is 0.339 e. The van der Waals surface area contributed by atoms with Gasteiger partial charge < -0.3 is 24.8 Å². The number of carbonyl (C=O) groups excluding carboxylic acids is 3. The quantitative estimate of drug-likeness (QED) is 0.177. The molecule has 2 amide bonds. The molecule has 0 spiro atoms. The van der Waals surface area contributed by atoms with Crippen molar-refractivity contribution in [1.29, 1.82) is 0 Å². The van der Waals surface area contributed by atoms with Crippen LogP contribution in [-0.4, -0.2) is 39.1 Å². The molecule has 0 bridgehead atoms. The van der Waals surface area contributed by atoms with E-state index in [-0.39, 0.29) is 17.4 Å². The third kappa shape index (κ3) is 6.81. The Kier molecular flexibility index (Phi) is 9.43. The molecule has 0 heterocycles. The van der Waals surface area contributed by atoms with Crippen LogP contribution >= 0.6 is 11.8 Å². The highest BCUT2D eigenvalue weighted by Crippen LogP contribution is 2.37. The second-order valence-electron chi connectivity index (χ2n) is 8.48. The van der Waals surface area contributed by atoms with Crippen molar-refractivity contribution in [3.63, 3.8) is 0 Å². The Morgan fingerprint density at radius 1 is 0.725 bits per heavy atom. The first kappa shape index (κ1) is 28.3. The number of anilines is 2. The van der Waals surface area contributed by atoms with E-state index in [9.17, 15) is 14.4 Å². The maximum absolute atomic E-state index is 13.5. The van der Waals surface area contributed by atoms with E-state index in [0.29, 0.717) is 28.4 Å². The highest BCUT2D eigenvalue weighted by molar-refractivity contribution is 8.00. The van der Waals surface area contributed by atoms with Gasteiger partial charge in [0.15, 0.2) is 11.5 Å². The predicted molar refractivity (Wildman–Crippen MR) is 155 cm³/mol. The fourth-order valence-corrected chi connectivity index (χ4v) is 4.94. The topological polar surface area (TPSA) is 103 Å². The number of carbonyl (C=O) groups is 3. The van der Waals surface area contributed by atoms with Gasteiger partial charge in [-0.3, -0.25) is 9.59 Å². The zero-order valence-electron chi connectivity index (χ0n) is 22.2. The summed E-state index contributed by atoms with van der Waals surface area (Å²) in [4.78, 5) is 39.3. The van der Waals surface area contributed by atoms with Crippen LogP contribution in [0.25, 0.3) is 0 Å². The monoisotopic (exact) mass is 556 g/mol. The molecule has 40 heavy (non-hydrogen) atoms. The number of ether oxygens (including phenoxy) is 3. The van der Waals surface area contributed by atoms with Gasteiger partial charge in [-0.15, -0.1) is 11.8 Å². The molecule has 1 unspecified atom stereocenters. The lowest BCUT2D eigenvalue weighted by atomic mass is 10.1. The Morgan fingerprint density at radius 2 is 1.40 bits per heavy atom. The molecule has 1 atom stereocenters. The summed E-state index contributed by atoms with van der Waals surface area (Å²) in [6, 6.07) is 28.2. The number of esters is 1. The number of hydrogen-bond donors (Lipinski definition) is 2. The number of rotatable bonds is 10. The summed E-state index contributed by atoms with van der Waals surface area (Å²) in [5.41, 5.74) is 2.45. The highest BCUT2D eigenvalue weighted by atomic mass is 32.2. The Hall–Kier alpha value is -4.76. The first-order chi connectivity index (χ1) is 19.4. The van der Waals surface area contributed by atoms with E-state index in [1.165, 1.54) is 33.1 Å². The van der Waals surface area contributed by atoms with E-state index < -0.39 is 11.2 Å². The average molecular weight is 557 g/mol. The molecule has 0 aromatic heterocycles. The molecular weight excluding hydrogens is 528 g/mol. The van der Waals surface area contributed by atoms with Crippen molar-refractivity contribution in [2.24, 2.45) is 0 Å². The highest BCUT2D eigenvalue weighted by Gasteiger charge is 2.24. The van der Waals surface area contributed by atoms with Crippen molar-refractivity contribution in [3.8, 4) is 11.5 Å². The Bertz CT molecular complexity index is 1490. The average Bonchev–Trinajstić information content (AvgIpc) is 3.00. The van der Waals surface area contributed by atoms with Crippen LogP contribution in [0, 0.1) is 0 Å². The largest absolute Gasteiger partial charge is 0.493 e. The molecule has 0 fully saturated rings. The fourth-order valence-electron chi connectivity index (χ4n) is 3.91. The number of para-hydroxylation sites is 1. The van der Waals surface area contributed by atoms with E-state index in [2.05, 4.69) is 10.6 Å². The van der Waals surface area contributed by atoms with Gasteiger partial charge in [0.1, 0.15) is 5.25 Å². The molecule has 4 aromatic carbocycles. The van der Waals surface area contributed by atoms with Crippen LogP contribution in [0.2, 0.25) is 0 Å². The van der Waals surface area contributed by atoms with Crippen molar-refractivity contribution < 1.29 is 28.6 Å². The van der Waals surface area contributed by atoms with Crippen LogP contribution in [0.1, 0.15) is 31.5 Å². The summed E-state index contributed by atoms with van der Waals surface area (Å²) < 4.78 is 15.4. The van der Waals surface area contributed by atoms with Crippen LogP contribution < -0.4 is 20.1 Å². The first-order valence-electron chi connectivity index (χ1n) is 12.3. The van der Waals surface area contributed by atoms with Gasteiger partial charge in [-0.05, 0) is 60.2 Å². The van der Waals surface area contributed by atoms with Crippen molar-refractivity contribution in [2.75, 3.05) is 32.0 Å². The van der Waals surface area contributed by atoms with Gasteiger partial charge in [-0.1, -0.05) is 42.5 Å². The zero-order chi connectivity index (χ0) is 28.5. The molecule has 0 aliphatic rings. The molecule has 4 aromatic rings. The van der Waals surface area contributed by atoms with Crippen molar-refractivity contribution in [2.45, 2.75) is 10.1 Å². The molecule has 0 aliphatic carbocycles. The third-order valence-corrected chi connectivity index (χ3v) is 7.21. The lowest BCUT2D eigenvalue weighted by Gasteiger charge is -2.18. The van der Waals surface area contributed by atoms with Gasteiger partial charge in [0.25, 0.3) is 5.91 Å². The maximum atomic E-state index is 13.5. The van der Waals surface area contributed by atoms with Crippen LogP contribution in [0.4, 0.5) is 11.4 Å². The smallest absolute Gasteiger partial charge is 0.339 e. The molecule has 0 aliphatic heterocycles. The van der Waals surface area contributed by atoms with Gasteiger partial charge >= 0.3 is 5.97 Å². The molecule has 4 rings (SSSR count). The van der Waals surface area contributed by atoms with E-state index in [4.69, 9.17) is 14.2 Å². The van der Waals surface area contributed by atoms with Crippen molar-refractivity contribution in [1.82, 2.24) is 0 Å². The second-order valence-corrected chi connectivity index (χ2v) is 9.66. The standard InChI is InChI=1S/C31H28N2O6S/c1-37-26-18-13-21(19-27(26)38-2)29(34)32-22-14-16-23(17-15-22)40-28(20-9-5-4-6-10-20)30(35)33-25-12-8-7-11-24(25)31(36)39-3/h4-19,28H,1-3H3,(H,32,34)(H,33,35). The predicted octanol–water partition coefficient (Wildman–Crippen LogP) is 6.21. The van der Waals surface area contributed by atoms with Crippen LogP contribution in [-0.2, 0) is 9.53 Å². The zero-order valence-corrected chi connectivity index (χ0v) is 23.0. The number of thioether (sulfide) groups is 1. The summed E-state index contributed by atoms with van der Waals surface area (Å²) in [5, 5.41) is 5.14. The molecule has 0 radical (unpaired) electrons. The molecule has 8 nitrogen and oxygen atoms in total. The van der Waals surface area contributed by atoms with Gasteiger partial charge in [0.2, 0.25) is 5.91 Å². The third-order valence-electron chi connectivity index (χ3n) is 5.94. The Morgan fingerprint density at radius 3 is 2.08 bits per heavy atom. The van der Waals surface area contributed by atoms with Gasteiger partial charge in [0, 0.05) is 16.1 Å². The summed E-state index contributed by atoms with van der Waals surface area (Å²) in [5.74, 6) is -0.136.